The quantitative estimate of drug-likeness (QED) is 0.139. The second kappa shape index (κ2) is 23.8. The molecule has 3 aliphatic heterocycles. The number of aliphatic hydroxyl groups excluding tert-OH is 1. The van der Waals surface area contributed by atoms with Crippen LogP contribution in [0, 0.1) is 0 Å². The van der Waals surface area contributed by atoms with E-state index in [-0.39, 0.29) is 31.9 Å². The summed E-state index contributed by atoms with van der Waals surface area (Å²) >= 11 is 0.959. The third kappa shape index (κ3) is 15.1. The molecule has 4 rings (SSSR count). The Hall–Kier alpha value is -4.99. The molecule has 0 aliphatic carbocycles. The van der Waals surface area contributed by atoms with Crippen LogP contribution in [-0.4, -0.2) is 172 Å². The highest BCUT2D eigenvalue weighted by atomic mass is 32.2. The van der Waals surface area contributed by atoms with E-state index < -0.39 is 139 Å². The topological polar surface area (TPSA) is 307 Å². The van der Waals surface area contributed by atoms with Crippen molar-refractivity contribution in [3.8, 4) is 0 Å². The van der Waals surface area contributed by atoms with Crippen LogP contribution >= 0.6 is 11.8 Å². The summed E-state index contributed by atoms with van der Waals surface area (Å²) in [6, 6.07) is 0. The standard InChI is InChI=1S/C38H53N3O22S/c1-16(42)52-14-27-29(64-38-35(60-23(8)49)33(58-21(6)47)31(56-19(4)45)28(63-38)15-53-17(2)43)10-25(50)36(62-27)54-13-24-11-41(40-39-24)12-26-30(55-18(3)44)32(57-20(5)46)34(59-22(7)48)37(51-9)61-26/h11,25-38,50H,10,12-15H2,1-9H3/t25-,26-,27-,28-,29+,30-,31+,32+,33+,34-,35-,36+,37+,38+/m1/s1. The van der Waals surface area contributed by atoms with Crippen LogP contribution in [0.1, 0.15) is 67.5 Å². The predicted octanol–water partition coefficient (Wildman–Crippen LogP) is -0.815. The normalized spacial score (nSPS) is 31.3. The van der Waals surface area contributed by atoms with Crippen molar-refractivity contribution in [1.82, 2.24) is 15.0 Å². The van der Waals surface area contributed by atoms with E-state index in [0.29, 0.717) is 0 Å². The Morgan fingerprint density at radius 1 is 0.625 bits per heavy atom. The highest BCUT2D eigenvalue weighted by molar-refractivity contribution is 8.00. The van der Waals surface area contributed by atoms with E-state index in [9.17, 15) is 43.5 Å². The molecule has 0 bridgehead atoms. The number of hydrogen-bond donors (Lipinski definition) is 1. The monoisotopic (exact) mass is 935 g/mol. The number of hydrogen-bond acceptors (Lipinski definition) is 25. The predicted molar refractivity (Wildman–Crippen MR) is 206 cm³/mol. The molecule has 1 aromatic rings. The van der Waals surface area contributed by atoms with Crippen LogP contribution in [0.15, 0.2) is 6.20 Å². The maximum atomic E-state index is 12.4. The van der Waals surface area contributed by atoms with Gasteiger partial charge in [0.1, 0.15) is 48.8 Å². The van der Waals surface area contributed by atoms with Gasteiger partial charge in [-0.05, 0) is 6.42 Å². The molecule has 1 aromatic heterocycles. The second-order valence-corrected chi connectivity index (χ2v) is 16.0. The molecule has 3 fully saturated rings. The van der Waals surface area contributed by atoms with Crippen LogP contribution in [0.25, 0.3) is 0 Å². The fourth-order valence-corrected chi connectivity index (χ4v) is 8.54. The molecule has 1 N–H and O–H groups in total. The maximum absolute atomic E-state index is 12.4. The first-order valence-electron chi connectivity index (χ1n) is 19.8. The van der Waals surface area contributed by atoms with Crippen LogP contribution in [0.4, 0.5) is 0 Å². The Bertz CT molecular complexity index is 1830. The molecule has 0 saturated carbocycles. The molecular formula is C38H53N3O22S. The van der Waals surface area contributed by atoms with Crippen molar-refractivity contribution >= 4 is 59.5 Å². The lowest BCUT2D eigenvalue weighted by atomic mass is 9.97. The van der Waals surface area contributed by atoms with E-state index in [1.165, 1.54) is 24.9 Å². The number of nitrogens with zero attached hydrogens (tertiary/aromatic N) is 3. The smallest absolute Gasteiger partial charge is 0.303 e. The SMILES string of the molecule is CO[C@H]1O[C@H](Cn2cc(CO[C@H]3O[C@H](COC(C)=O)[C@@H](S[C@@H]4O[C@H](COC(C)=O)[C@H](OC(C)=O)[C@H](OC(C)=O)[C@H]4OC(C)=O)C[C@H]3O)nn2)[C@@H](OC(C)=O)[C@H](OC(C)=O)[C@H]1OC(C)=O. The van der Waals surface area contributed by atoms with Crippen LogP contribution in [-0.2, 0) is 113 Å². The molecule has 3 saturated heterocycles. The van der Waals surface area contributed by atoms with Crippen molar-refractivity contribution in [3.05, 3.63) is 11.9 Å². The highest BCUT2D eigenvalue weighted by Gasteiger charge is 2.55. The van der Waals surface area contributed by atoms with Crippen LogP contribution < -0.4 is 0 Å². The minimum absolute atomic E-state index is 0.101. The minimum Gasteiger partial charge on any atom is -0.463 e. The van der Waals surface area contributed by atoms with E-state index in [1.54, 1.807) is 0 Å². The fraction of sp³-hybridized carbons (Fsp3) is 0.737. The van der Waals surface area contributed by atoms with Crippen molar-refractivity contribution in [3.63, 3.8) is 0 Å². The first-order chi connectivity index (χ1) is 30.1. The molecule has 0 spiro atoms. The average Bonchev–Trinajstić information content (AvgIpc) is 3.63. The molecule has 64 heavy (non-hydrogen) atoms. The van der Waals surface area contributed by atoms with E-state index in [0.717, 1.165) is 60.2 Å². The van der Waals surface area contributed by atoms with Gasteiger partial charge in [-0.1, -0.05) is 5.21 Å². The molecule has 0 amide bonds. The van der Waals surface area contributed by atoms with Crippen molar-refractivity contribution in [2.75, 3.05) is 20.3 Å². The molecule has 4 heterocycles. The number of aromatic nitrogens is 3. The summed E-state index contributed by atoms with van der Waals surface area (Å²) in [5, 5.41) is 18.7. The van der Waals surface area contributed by atoms with E-state index in [2.05, 4.69) is 10.3 Å². The Morgan fingerprint density at radius 2 is 1.09 bits per heavy atom. The van der Waals surface area contributed by atoms with Crippen LogP contribution in [0.2, 0.25) is 0 Å². The van der Waals surface area contributed by atoms with Crippen LogP contribution in [0.5, 0.6) is 0 Å². The Kier molecular flexibility index (Phi) is 19.2. The molecule has 0 radical (unpaired) electrons. The van der Waals surface area contributed by atoms with Crippen molar-refractivity contribution in [2.24, 2.45) is 0 Å². The van der Waals surface area contributed by atoms with Crippen molar-refractivity contribution in [1.29, 1.82) is 0 Å². The largest absolute Gasteiger partial charge is 0.463 e. The van der Waals surface area contributed by atoms with Gasteiger partial charge in [-0.3, -0.25) is 38.4 Å². The number of thioether (sulfide) groups is 1. The second-order valence-electron chi connectivity index (χ2n) is 14.6. The van der Waals surface area contributed by atoms with Gasteiger partial charge >= 0.3 is 47.8 Å². The lowest BCUT2D eigenvalue weighted by molar-refractivity contribution is -0.300. The number of ether oxygens (including phenoxy) is 13. The number of carbonyl (C=O) groups is 8. The Morgan fingerprint density at radius 3 is 1.62 bits per heavy atom. The van der Waals surface area contributed by atoms with E-state index in [4.69, 9.17) is 61.6 Å². The summed E-state index contributed by atoms with van der Waals surface area (Å²) in [6.07, 6.45) is -14.1. The zero-order valence-electron chi connectivity index (χ0n) is 36.5. The van der Waals surface area contributed by atoms with E-state index in [1.807, 2.05) is 0 Å². The third-order valence-electron chi connectivity index (χ3n) is 9.30. The van der Waals surface area contributed by atoms with Gasteiger partial charge in [-0.15, -0.1) is 16.9 Å². The van der Waals surface area contributed by atoms with Crippen LogP contribution in [0.3, 0.4) is 0 Å². The summed E-state index contributed by atoms with van der Waals surface area (Å²) in [4.78, 5) is 96.8. The zero-order chi connectivity index (χ0) is 47.4. The minimum atomic E-state index is -1.45. The molecule has 14 atom stereocenters. The summed E-state index contributed by atoms with van der Waals surface area (Å²) in [6.45, 7) is 7.73. The summed E-state index contributed by atoms with van der Waals surface area (Å²) in [7, 11) is 1.27. The lowest BCUT2D eigenvalue weighted by Crippen LogP contribution is -2.62. The first-order valence-corrected chi connectivity index (χ1v) is 20.7. The fourth-order valence-electron chi connectivity index (χ4n) is 7.00. The van der Waals surface area contributed by atoms with Crippen molar-refractivity contribution < 1.29 is 105 Å². The van der Waals surface area contributed by atoms with Gasteiger partial charge in [0, 0.05) is 67.7 Å². The van der Waals surface area contributed by atoms with Gasteiger partial charge < -0.3 is 66.7 Å². The number of aliphatic hydroxyl groups is 1. The van der Waals surface area contributed by atoms with Gasteiger partial charge in [0.05, 0.1) is 19.3 Å². The molecule has 3 aliphatic rings. The Labute approximate surface area is 370 Å². The maximum Gasteiger partial charge on any atom is 0.303 e. The van der Waals surface area contributed by atoms with Gasteiger partial charge in [-0.2, -0.15) is 0 Å². The van der Waals surface area contributed by atoms with Gasteiger partial charge in [0.25, 0.3) is 0 Å². The number of carbonyl (C=O) groups excluding carboxylic acids is 8. The number of methoxy groups -OCH3 is 1. The molecule has 358 valence electrons. The molecular weight excluding hydrogens is 882 g/mol. The summed E-state index contributed by atoms with van der Waals surface area (Å²) < 4.78 is 74.2. The summed E-state index contributed by atoms with van der Waals surface area (Å²) in [5.41, 5.74) is -1.02. The van der Waals surface area contributed by atoms with E-state index >= 15 is 0 Å². The van der Waals surface area contributed by atoms with Gasteiger partial charge in [-0.25, -0.2) is 4.68 Å². The van der Waals surface area contributed by atoms with Crippen molar-refractivity contribution in [2.45, 2.75) is 159 Å². The third-order valence-corrected chi connectivity index (χ3v) is 10.8. The lowest BCUT2D eigenvalue weighted by Gasteiger charge is -2.46. The highest BCUT2D eigenvalue weighted by Crippen LogP contribution is 2.41. The molecule has 0 aromatic carbocycles. The molecule has 0 unspecified atom stereocenters. The first kappa shape index (κ1) is 51.6. The van der Waals surface area contributed by atoms with Gasteiger partial charge in [0.15, 0.2) is 49.2 Å². The molecule has 26 heteroatoms. The number of rotatable bonds is 18. The van der Waals surface area contributed by atoms with Gasteiger partial charge in [0.2, 0.25) is 0 Å². The zero-order valence-corrected chi connectivity index (χ0v) is 37.3. The average molecular weight is 936 g/mol. The molecule has 25 nitrogen and oxygen atoms in total. The summed E-state index contributed by atoms with van der Waals surface area (Å²) in [5.74, 6) is -6.05. The Balaban J connectivity index is 1.53. The number of esters is 8.